The molecule has 24 heavy (non-hydrogen) atoms. The van der Waals surface area contributed by atoms with Crippen LogP contribution in [0.1, 0.15) is 12.6 Å². The molecule has 0 radical (unpaired) electrons. The molecule has 0 amide bonds. The monoisotopic (exact) mass is 345 g/mol. The van der Waals surface area contributed by atoms with Gasteiger partial charge < -0.3 is 4.52 Å². The predicted molar refractivity (Wildman–Crippen MR) is 94.0 cm³/mol. The molecule has 0 atom stereocenters. The van der Waals surface area contributed by atoms with Gasteiger partial charge in [-0.25, -0.2) is 10.3 Å². The minimum atomic E-state index is -3.67. The second-order valence-corrected chi connectivity index (χ2v) is 6.19. The molecule has 0 aliphatic heterocycles. The molecule has 0 aliphatic carbocycles. The average Bonchev–Trinajstić information content (AvgIpc) is 2.99. The molecule has 0 saturated heterocycles. The van der Waals surface area contributed by atoms with Crippen molar-refractivity contribution in [1.29, 1.82) is 0 Å². The Morgan fingerprint density at radius 3 is 1.83 bits per heavy atom. The summed E-state index contributed by atoms with van der Waals surface area (Å²) < 4.78 is 24.0. The third-order valence-corrected chi connectivity index (χ3v) is 3.20. The number of nitrogens with zero attached hydrogens (tertiary/aromatic N) is 1. The third-order valence-electron chi connectivity index (χ3n) is 3.20. The first kappa shape index (κ1) is 17.9. The summed E-state index contributed by atoms with van der Waals surface area (Å²) >= 11 is 0. The van der Waals surface area contributed by atoms with Crippen molar-refractivity contribution in [3.63, 3.8) is 0 Å². The molecule has 1 aromatic heterocycles. The van der Waals surface area contributed by atoms with Crippen molar-refractivity contribution >= 4 is 10.2 Å². The van der Waals surface area contributed by atoms with Crippen molar-refractivity contribution in [2.24, 2.45) is 10.3 Å². The second-order valence-electron chi connectivity index (χ2n) is 5.01. The zero-order valence-electron chi connectivity index (χ0n) is 13.2. The van der Waals surface area contributed by atoms with Gasteiger partial charge in [0.15, 0.2) is 5.76 Å². The number of nitrogens with two attached hydrogens (primary N) is 2. The van der Waals surface area contributed by atoms with E-state index in [9.17, 15) is 8.42 Å². The molecular formula is C17H19N3O3S. The lowest BCUT2D eigenvalue weighted by molar-refractivity contribution is 0.424. The van der Waals surface area contributed by atoms with E-state index in [0.29, 0.717) is 0 Å². The van der Waals surface area contributed by atoms with Gasteiger partial charge in [0.05, 0.1) is 11.3 Å². The highest BCUT2D eigenvalue weighted by Crippen LogP contribution is 2.35. The summed E-state index contributed by atoms with van der Waals surface area (Å²) in [6.07, 6.45) is 0.862. The molecule has 0 fully saturated rings. The quantitative estimate of drug-likeness (QED) is 0.760. The topological polar surface area (TPSA) is 112 Å². The highest BCUT2D eigenvalue weighted by Gasteiger charge is 2.17. The van der Waals surface area contributed by atoms with Gasteiger partial charge >= 0.3 is 0 Å². The first-order valence-electron chi connectivity index (χ1n) is 7.30. The van der Waals surface area contributed by atoms with Crippen LogP contribution in [0.5, 0.6) is 0 Å². The van der Waals surface area contributed by atoms with Crippen LogP contribution in [0.3, 0.4) is 0 Å². The molecule has 7 heteroatoms. The van der Waals surface area contributed by atoms with Gasteiger partial charge in [0.25, 0.3) is 10.2 Å². The highest BCUT2D eigenvalue weighted by molar-refractivity contribution is 7.86. The zero-order valence-corrected chi connectivity index (χ0v) is 14.0. The molecular weight excluding hydrogens is 326 g/mol. The molecule has 6 nitrogen and oxygen atoms in total. The molecule has 0 spiro atoms. The van der Waals surface area contributed by atoms with Crippen molar-refractivity contribution in [2.75, 3.05) is 0 Å². The third kappa shape index (κ3) is 5.02. The molecule has 0 unspecified atom stereocenters. The van der Waals surface area contributed by atoms with E-state index >= 15 is 0 Å². The van der Waals surface area contributed by atoms with Crippen LogP contribution in [0.25, 0.3) is 22.5 Å². The van der Waals surface area contributed by atoms with Crippen molar-refractivity contribution in [3.05, 3.63) is 66.4 Å². The second kappa shape index (κ2) is 7.87. The molecule has 2 aromatic carbocycles. The van der Waals surface area contributed by atoms with Gasteiger partial charge in [-0.2, -0.15) is 8.42 Å². The standard InChI is InChI=1S/C17H15NO.H4N2O2S/c1-2-15-16(13-9-5-3-6-10-13)17(19-18-15)14-11-7-4-8-12-14;1-5(2,3)4/h3-12H,2H2,1H3;(H4,1,2,3,4). The van der Waals surface area contributed by atoms with Gasteiger partial charge in [-0.1, -0.05) is 72.7 Å². The first-order valence-corrected chi connectivity index (χ1v) is 8.91. The van der Waals surface area contributed by atoms with Crippen LogP contribution in [0.15, 0.2) is 65.2 Å². The highest BCUT2D eigenvalue weighted by atomic mass is 32.2. The number of aryl methyl sites for hydroxylation is 1. The van der Waals surface area contributed by atoms with Crippen molar-refractivity contribution < 1.29 is 12.9 Å². The van der Waals surface area contributed by atoms with E-state index in [1.54, 1.807) is 0 Å². The van der Waals surface area contributed by atoms with Crippen LogP contribution >= 0.6 is 0 Å². The summed E-state index contributed by atoms with van der Waals surface area (Å²) in [6, 6.07) is 20.4. The van der Waals surface area contributed by atoms with Gasteiger partial charge in [-0.15, -0.1) is 0 Å². The molecule has 0 saturated carbocycles. The van der Waals surface area contributed by atoms with E-state index in [4.69, 9.17) is 4.52 Å². The minimum absolute atomic E-state index is 0.851. The fourth-order valence-electron chi connectivity index (χ4n) is 2.25. The lowest BCUT2D eigenvalue weighted by Gasteiger charge is -2.03. The summed E-state index contributed by atoms with van der Waals surface area (Å²) in [6.45, 7) is 2.10. The maximum atomic E-state index is 9.19. The van der Waals surface area contributed by atoms with Crippen LogP contribution in [-0.2, 0) is 16.6 Å². The smallest absolute Gasteiger partial charge is 0.271 e. The molecule has 126 valence electrons. The summed E-state index contributed by atoms with van der Waals surface area (Å²) in [5.74, 6) is 0.851. The van der Waals surface area contributed by atoms with Gasteiger partial charge in [-0.3, -0.25) is 0 Å². The Morgan fingerprint density at radius 1 is 0.917 bits per heavy atom. The maximum Gasteiger partial charge on any atom is 0.271 e. The van der Waals surface area contributed by atoms with Gasteiger partial charge in [-0.05, 0) is 12.0 Å². The Hall–Kier alpha value is -2.48. The van der Waals surface area contributed by atoms with E-state index in [1.165, 1.54) is 0 Å². The molecule has 3 aromatic rings. The van der Waals surface area contributed by atoms with E-state index in [2.05, 4.69) is 34.5 Å². The van der Waals surface area contributed by atoms with Crippen LogP contribution in [-0.4, -0.2) is 13.6 Å². The van der Waals surface area contributed by atoms with Crippen molar-refractivity contribution in [2.45, 2.75) is 13.3 Å². The molecule has 3 rings (SSSR count). The lowest BCUT2D eigenvalue weighted by atomic mass is 9.99. The largest absolute Gasteiger partial charge is 0.355 e. The van der Waals surface area contributed by atoms with Crippen molar-refractivity contribution in [3.8, 4) is 22.5 Å². The van der Waals surface area contributed by atoms with E-state index in [-0.39, 0.29) is 0 Å². The van der Waals surface area contributed by atoms with Crippen LogP contribution < -0.4 is 10.3 Å². The number of benzene rings is 2. The Bertz CT molecular complexity index is 868. The van der Waals surface area contributed by atoms with Crippen LogP contribution in [0.4, 0.5) is 0 Å². The predicted octanol–water partition coefficient (Wildman–Crippen LogP) is 2.72. The zero-order chi connectivity index (χ0) is 17.6. The number of aromatic nitrogens is 1. The Balaban J connectivity index is 0.000000368. The van der Waals surface area contributed by atoms with E-state index in [1.807, 2.05) is 48.5 Å². The van der Waals surface area contributed by atoms with Gasteiger partial charge in [0.1, 0.15) is 0 Å². The Kier molecular flexibility index (Phi) is 5.86. The van der Waals surface area contributed by atoms with Crippen LogP contribution in [0.2, 0.25) is 0 Å². The lowest BCUT2D eigenvalue weighted by Crippen LogP contribution is -2.21. The van der Waals surface area contributed by atoms with Gasteiger partial charge in [0, 0.05) is 5.56 Å². The maximum absolute atomic E-state index is 9.19. The van der Waals surface area contributed by atoms with E-state index in [0.717, 1.165) is 34.6 Å². The summed E-state index contributed by atoms with van der Waals surface area (Å²) in [4.78, 5) is 0. The SMILES string of the molecule is CCc1noc(-c2ccccc2)c1-c1ccccc1.NS(N)(=O)=O. The fourth-order valence-corrected chi connectivity index (χ4v) is 2.25. The van der Waals surface area contributed by atoms with Crippen LogP contribution in [0, 0.1) is 0 Å². The van der Waals surface area contributed by atoms with Crippen molar-refractivity contribution in [1.82, 2.24) is 5.16 Å². The number of hydrogen-bond donors (Lipinski definition) is 2. The molecule has 1 heterocycles. The number of rotatable bonds is 3. The average molecular weight is 345 g/mol. The summed E-state index contributed by atoms with van der Waals surface area (Å²) in [5, 5.41) is 12.4. The van der Waals surface area contributed by atoms with E-state index < -0.39 is 10.2 Å². The Morgan fingerprint density at radius 2 is 1.38 bits per heavy atom. The summed E-state index contributed by atoms with van der Waals surface area (Å²) in [5.41, 5.74) is 4.33. The molecule has 0 bridgehead atoms. The Labute approximate surface area is 141 Å². The number of hydrogen-bond acceptors (Lipinski definition) is 4. The first-order chi connectivity index (χ1) is 11.4. The minimum Gasteiger partial charge on any atom is -0.355 e. The fraction of sp³-hybridized carbons (Fsp3) is 0.118. The molecule has 4 N–H and O–H groups in total. The van der Waals surface area contributed by atoms with Gasteiger partial charge in [0.2, 0.25) is 0 Å². The molecule has 0 aliphatic rings. The summed E-state index contributed by atoms with van der Waals surface area (Å²) in [7, 11) is -3.67. The normalized spacial score (nSPS) is 10.8.